The lowest BCUT2D eigenvalue weighted by Crippen LogP contribution is -2.34. The Labute approximate surface area is 112 Å². The molecule has 2 rings (SSSR count). The summed E-state index contributed by atoms with van der Waals surface area (Å²) in [5, 5.41) is 4.09. The SMILES string of the molecule is CC(=O)C(CNC1CCOC1)c1ccc(Cl)cc1. The van der Waals surface area contributed by atoms with Crippen LogP contribution in [0, 0.1) is 0 Å². The van der Waals surface area contributed by atoms with Crippen LogP contribution in [0.25, 0.3) is 0 Å². The zero-order valence-electron chi connectivity index (χ0n) is 10.5. The van der Waals surface area contributed by atoms with Crippen LogP contribution < -0.4 is 5.32 Å². The van der Waals surface area contributed by atoms with Gasteiger partial charge in [0.05, 0.1) is 12.5 Å². The number of halogens is 1. The summed E-state index contributed by atoms with van der Waals surface area (Å²) in [5.74, 6) is 0.0617. The third-order valence-corrected chi connectivity index (χ3v) is 3.56. The molecule has 0 saturated carbocycles. The Balaban J connectivity index is 1.99. The Morgan fingerprint density at radius 1 is 1.50 bits per heavy atom. The molecule has 0 aromatic heterocycles. The highest BCUT2D eigenvalue weighted by atomic mass is 35.5. The van der Waals surface area contributed by atoms with Gasteiger partial charge in [-0.05, 0) is 31.0 Å². The normalized spacial score (nSPS) is 20.9. The van der Waals surface area contributed by atoms with Crippen molar-refractivity contribution in [1.82, 2.24) is 5.32 Å². The number of rotatable bonds is 5. The van der Waals surface area contributed by atoms with Crippen molar-refractivity contribution >= 4 is 17.4 Å². The number of ketones is 1. The molecule has 0 aliphatic carbocycles. The van der Waals surface area contributed by atoms with Gasteiger partial charge in [0, 0.05) is 24.2 Å². The molecule has 1 heterocycles. The van der Waals surface area contributed by atoms with E-state index in [-0.39, 0.29) is 11.7 Å². The highest BCUT2D eigenvalue weighted by molar-refractivity contribution is 6.30. The van der Waals surface area contributed by atoms with Crippen molar-refractivity contribution in [3.8, 4) is 0 Å². The number of carbonyl (C=O) groups excluding carboxylic acids is 1. The third kappa shape index (κ3) is 3.55. The number of benzene rings is 1. The van der Waals surface area contributed by atoms with Gasteiger partial charge < -0.3 is 10.1 Å². The highest BCUT2D eigenvalue weighted by Gasteiger charge is 2.20. The maximum atomic E-state index is 11.7. The van der Waals surface area contributed by atoms with Gasteiger partial charge in [-0.25, -0.2) is 0 Å². The molecular weight excluding hydrogens is 250 g/mol. The summed E-state index contributed by atoms with van der Waals surface area (Å²) in [6, 6.07) is 7.86. The summed E-state index contributed by atoms with van der Waals surface area (Å²) in [5.41, 5.74) is 1.01. The first-order valence-electron chi connectivity index (χ1n) is 6.24. The number of hydrogen-bond acceptors (Lipinski definition) is 3. The van der Waals surface area contributed by atoms with Crippen molar-refractivity contribution in [2.24, 2.45) is 0 Å². The van der Waals surface area contributed by atoms with Crippen LogP contribution in [0.15, 0.2) is 24.3 Å². The zero-order chi connectivity index (χ0) is 13.0. The van der Waals surface area contributed by atoms with Crippen LogP contribution in [0.5, 0.6) is 0 Å². The largest absolute Gasteiger partial charge is 0.380 e. The molecule has 0 spiro atoms. The van der Waals surface area contributed by atoms with Crippen molar-refractivity contribution in [3.05, 3.63) is 34.9 Å². The van der Waals surface area contributed by atoms with Gasteiger partial charge in [0.15, 0.2) is 0 Å². The van der Waals surface area contributed by atoms with Crippen molar-refractivity contribution in [2.45, 2.75) is 25.3 Å². The first-order valence-corrected chi connectivity index (χ1v) is 6.61. The predicted molar refractivity (Wildman–Crippen MR) is 72.1 cm³/mol. The lowest BCUT2D eigenvalue weighted by molar-refractivity contribution is -0.118. The smallest absolute Gasteiger partial charge is 0.138 e. The molecule has 1 saturated heterocycles. The minimum absolute atomic E-state index is 0.108. The van der Waals surface area contributed by atoms with E-state index in [4.69, 9.17) is 16.3 Å². The summed E-state index contributed by atoms with van der Waals surface area (Å²) in [4.78, 5) is 11.7. The van der Waals surface area contributed by atoms with Crippen molar-refractivity contribution in [2.75, 3.05) is 19.8 Å². The molecule has 1 aromatic carbocycles. The van der Waals surface area contributed by atoms with Crippen molar-refractivity contribution in [3.63, 3.8) is 0 Å². The minimum atomic E-state index is -0.108. The van der Waals surface area contributed by atoms with E-state index in [9.17, 15) is 4.79 Å². The minimum Gasteiger partial charge on any atom is -0.380 e. The van der Waals surface area contributed by atoms with Crippen LogP contribution in [0.4, 0.5) is 0 Å². The predicted octanol–water partition coefficient (Wildman–Crippen LogP) is 2.39. The molecule has 3 nitrogen and oxygen atoms in total. The molecule has 98 valence electrons. The fraction of sp³-hybridized carbons (Fsp3) is 0.500. The second-order valence-corrected chi connectivity index (χ2v) is 5.12. The van der Waals surface area contributed by atoms with Crippen LogP contribution in [0.2, 0.25) is 5.02 Å². The summed E-state index contributed by atoms with van der Waals surface area (Å²) in [6.45, 7) is 3.84. The lowest BCUT2D eigenvalue weighted by Gasteiger charge is -2.18. The molecule has 1 N–H and O–H groups in total. The van der Waals surface area contributed by atoms with Crippen LogP contribution in [-0.4, -0.2) is 31.6 Å². The summed E-state index contributed by atoms with van der Waals surface area (Å²) >= 11 is 5.86. The average Bonchev–Trinajstić information content (AvgIpc) is 2.84. The Morgan fingerprint density at radius 3 is 2.78 bits per heavy atom. The van der Waals surface area contributed by atoms with Gasteiger partial charge in [-0.1, -0.05) is 23.7 Å². The summed E-state index contributed by atoms with van der Waals surface area (Å²) in [6.07, 6.45) is 1.02. The van der Waals surface area contributed by atoms with E-state index in [0.29, 0.717) is 17.6 Å². The quantitative estimate of drug-likeness (QED) is 0.890. The average molecular weight is 268 g/mol. The molecule has 0 bridgehead atoms. The van der Waals surface area contributed by atoms with Crippen LogP contribution in [0.3, 0.4) is 0 Å². The standard InChI is InChI=1S/C14H18ClNO2/c1-10(17)14(8-16-13-6-7-18-9-13)11-2-4-12(15)5-3-11/h2-5,13-14,16H,6-9H2,1H3. The monoisotopic (exact) mass is 267 g/mol. The topological polar surface area (TPSA) is 38.3 Å². The molecule has 0 amide bonds. The molecule has 4 heteroatoms. The van der Waals surface area contributed by atoms with Gasteiger partial charge in [0.2, 0.25) is 0 Å². The number of nitrogens with one attached hydrogen (secondary N) is 1. The molecule has 18 heavy (non-hydrogen) atoms. The lowest BCUT2D eigenvalue weighted by atomic mass is 9.95. The van der Waals surface area contributed by atoms with E-state index in [2.05, 4.69) is 5.32 Å². The Kier molecular flexibility index (Phi) is 4.75. The number of Topliss-reactive ketones (excluding diaryl/α,β-unsaturated/α-hetero) is 1. The van der Waals surface area contributed by atoms with E-state index < -0.39 is 0 Å². The van der Waals surface area contributed by atoms with Gasteiger partial charge >= 0.3 is 0 Å². The number of carbonyl (C=O) groups is 1. The van der Waals surface area contributed by atoms with E-state index in [0.717, 1.165) is 25.2 Å². The second kappa shape index (κ2) is 6.32. The van der Waals surface area contributed by atoms with Gasteiger partial charge in [-0.2, -0.15) is 0 Å². The maximum absolute atomic E-state index is 11.7. The van der Waals surface area contributed by atoms with E-state index in [1.807, 2.05) is 24.3 Å². The van der Waals surface area contributed by atoms with Gasteiger partial charge in [-0.15, -0.1) is 0 Å². The summed E-state index contributed by atoms with van der Waals surface area (Å²) in [7, 11) is 0. The molecule has 2 atom stereocenters. The van der Waals surface area contributed by atoms with Crippen molar-refractivity contribution in [1.29, 1.82) is 0 Å². The number of ether oxygens (including phenoxy) is 1. The zero-order valence-corrected chi connectivity index (χ0v) is 11.2. The molecule has 1 aromatic rings. The molecule has 2 unspecified atom stereocenters. The van der Waals surface area contributed by atoms with Gasteiger partial charge in [0.1, 0.15) is 5.78 Å². The summed E-state index contributed by atoms with van der Waals surface area (Å²) < 4.78 is 5.31. The van der Waals surface area contributed by atoms with Crippen LogP contribution in [-0.2, 0) is 9.53 Å². The molecule has 1 aliphatic heterocycles. The fourth-order valence-corrected chi connectivity index (χ4v) is 2.30. The van der Waals surface area contributed by atoms with Crippen LogP contribution in [0.1, 0.15) is 24.8 Å². The molecule has 1 aliphatic rings. The maximum Gasteiger partial charge on any atom is 0.138 e. The van der Waals surface area contributed by atoms with Crippen LogP contribution >= 0.6 is 11.6 Å². The third-order valence-electron chi connectivity index (χ3n) is 3.30. The highest BCUT2D eigenvalue weighted by Crippen LogP contribution is 2.19. The molecular formula is C14H18ClNO2. The Hall–Kier alpha value is -0.900. The van der Waals surface area contributed by atoms with Gasteiger partial charge in [0.25, 0.3) is 0 Å². The molecule has 0 radical (unpaired) electrons. The number of hydrogen-bond donors (Lipinski definition) is 1. The van der Waals surface area contributed by atoms with E-state index in [1.165, 1.54) is 0 Å². The Morgan fingerprint density at radius 2 is 2.22 bits per heavy atom. The Bertz CT molecular complexity index is 399. The first kappa shape index (κ1) is 13.5. The van der Waals surface area contributed by atoms with E-state index >= 15 is 0 Å². The molecule has 1 fully saturated rings. The van der Waals surface area contributed by atoms with Gasteiger partial charge in [-0.3, -0.25) is 4.79 Å². The second-order valence-electron chi connectivity index (χ2n) is 4.68. The van der Waals surface area contributed by atoms with Crippen molar-refractivity contribution < 1.29 is 9.53 Å². The fourth-order valence-electron chi connectivity index (χ4n) is 2.17. The first-order chi connectivity index (χ1) is 8.66. The van der Waals surface area contributed by atoms with E-state index in [1.54, 1.807) is 6.92 Å².